The third-order valence-corrected chi connectivity index (χ3v) is 7.77. The Balaban J connectivity index is 1.21. The molecule has 0 saturated heterocycles. The van der Waals surface area contributed by atoms with Gasteiger partial charge < -0.3 is 0 Å². The molecule has 2 aromatic heterocycles. The van der Waals surface area contributed by atoms with Gasteiger partial charge in [0.2, 0.25) is 10.3 Å². The summed E-state index contributed by atoms with van der Waals surface area (Å²) in [4.78, 5) is 24.8. The molecule has 4 aromatic rings. The van der Waals surface area contributed by atoms with Crippen molar-refractivity contribution in [1.29, 1.82) is 0 Å². The number of amides is 2. The molecule has 0 radical (unpaired) electrons. The smallest absolute Gasteiger partial charge is 0.257 e. The molecule has 8 nitrogen and oxygen atoms in total. The van der Waals surface area contributed by atoms with E-state index in [4.69, 9.17) is 0 Å². The lowest BCUT2D eigenvalue weighted by Gasteiger charge is -2.25. The van der Waals surface area contributed by atoms with E-state index in [9.17, 15) is 9.59 Å². The van der Waals surface area contributed by atoms with Gasteiger partial charge in [-0.15, -0.1) is 20.4 Å². The summed E-state index contributed by atoms with van der Waals surface area (Å²) < 4.78 is 0. The lowest BCUT2D eigenvalue weighted by molar-refractivity contribution is 0.101. The first kappa shape index (κ1) is 22.3. The molecule has 0 spiro atoms. The summed E-state index contributed by atoms with van der Waals surface area (Å²) in [6, 6.07) is 18.1. The van der Waals surface area contributed by atoms with E-state index in [1.807, 2.05) is 36.4 Å². The fourth-order valence-corrected chi connectivity index (χ4v) is 5.83. The number of rotatable bonds is 6. The van der Waals surface area contributed by atoms with E-state index >= 15 is 0 Å². The normalized spacial score (nSPS) is 17.8. The molecule has 0 bridgehead atoms. The van der Waals surface area contributed by atoms with E-state index in [0.717, 1.165) is 35.7 Å². The van der Waals surface area contributed by atoms with Gasteiger partial charge in [0.15, 0.2) is 0 Å². The molecule has 0 aliphatic heterocycles. The predicted octanol–water partition coefficient (Wildman–Crippen LogP) is 5.34. The van der Waals surface area contributed by atoms with Crippen LogP contribution in [0.25, 0.3) is 0 Å². The van der Waals surface area contributed by atoms with Gasteiger partial charge in [-0.2, -0.15) is 0 Å². The number of hydrogen-bond acceptors (Lipinski definition) is 8. The molecule has 172 valence electrons. The van der Waals surface area contributed by atoms with Crippen LogP contribution in [0.3, 0.4) is 0 Å². The van der Waals surface area contributed by atoms with E-state index in [0.29, 0.717) is 21.4 Å². The van der Waals surface area contributed by atoms with Gasteiger partial charge in [-0.1, -0.05) is 65.5 Å². The quantitative estimate of drug-likeness (QED) is 0.378. The predicted molar refractivity (Wildman–Crippen MR) is 133 cm³/mol. The fraction of sp³-hybridized carbons (Fsp3) is 0.250. The monoisotopic (exact) mass is 490 g/mol. The average Bonchev–Trinajstić information content (AvgIpc) is 3.55. The molecule has 2 aromatic carbocycles. The second kappa shape index (κ2) is 10.2. The molecule has 1 aliphatic rings. The zero-order chi connectivity index (χ0) is 23.3. The zero-order valence-electron chi connectivity index (χ0n) is 18.2. The van der Waals surface area contributed by atoms with E-state index in [-0.39, 0.29) is 23.7 Å². The molecule has 1 aliphatic carbocycles. The van der Waals surface area contributed by atoms with E-state index < -0.39 is 0 Å². The maximum Gasteiger partial charge on any atom is 0.257 e. The van der Waals surface area contributed by atoms with Crippen molar-refractivity contribution in [3.63, 3.8) is 0 Å². The Labute approximate surface area is 204 Å². The second-order valence-corrected chi connectivity index (χ2v) is 10.1. The molecule has 1 saturated carbocycles. The van der Waals surface area contributed by atoms with Crippen molar-refractivity contribution in [1.82, 2.24) is 20.4 Å². The van der Waals surface area contributed by atoms with Gasteiger partial charge in [0.1, 0.15) is 10.0 Å². The highest BCUT2D eigenvalue weighted by Gasteiger charge is 2.29. The lowest BCUT2D eigenvalue weighted by atomic mass is 9.82. The van der Waals surface area contributed by atoms with Gasteiger partial charge in [0.05, 0.1) is 0 Å². The van der Waals surface area contributed by atoms with Crippen LogP contribution in [-0.2, 0) is 0 Å². The zero-order valence-corrected chi connectivity index (χ0v) is 19.8. The van der Waals surface area contributed by atoms with Gasteiger partial charge in [-0.05, 0) is 43.5 Å². The highest BCUT2D eigenvalue weighted by Crippen LogP contribution is 2.43. The highest BCUT2D eigenvalue weighted by atomic mass is 32.1. The van der Waals surface area contributed by atoms with Crippen LogP contribution < -0.4 is 10.6 Å². The SMILES string of the molecule is O=C(Nc1nnc([C@@H]2CCC[C@@H](c3nnc(NC(=O)c4ccccc4)s3)C2)s1)c1ccccc1. The van der Waals surface area contributed by atoms with E-state index in [1.54, 1.807) is 24.3 Å². The molecule has 34 heavy (non-hydrogen) atoms. The van der Waals surface area contributed by atoms with Crippen molar-refractivity contribution >= 4 is 44.8 Å². The number of carbonyl (C=O) groups is 2. The van der Waals surface area contributed by atoms with Crippen molar-refractivity contribution in [2.24, 2.45) is 0 Å². The molecule has 0 unspecified atom stereocenters. The molecular weight excluding hydrogens is 468 g/mol. The van der Waals surface area contributed by atoms with Gasteiger partial charge in [0, 0.05) is 23.0 Å². The second-order valence-electron chi connectivity index (χ2n) is 8.09. The minimum atomic E-state index is -0.191. The number of carbonyl (C=O) groups excluding carboxylic acids is 2. The van der Waals surface area contributed by atoms with Crippen LogP contribution >= 0.6 is 22.7 Å². The summed E-state index contributed by atoms with van der Waals surface area (Å²) in [5.41, 5.74) is 1.17. The molecule has 2 heterocycles. The van der Waals surface area contributed by atoms with Crippen molar-refractivity contribution < 1.29 is 9.59 Å². The van der Waals surface area contributed by atoms with Gasteiger partial charge >= 0.3 is 0 Å². The Morgan fingerprint density at radius 2 is 1.12 bits per heavy atom. The number of anilines is 2. The summed E-state index contributed by atoms with van der Waals surface area (Å²) in [6.07, 6.45) is 3.98. The van der Waals surface area contributed by atoms with Crippen LogP contribution in [0.4, 0.5) is 10.3 Å². The van der Waals surface area contributed by atoms with Crippen LogP contribution in [-0.4, -0.2) is 32.2 Å². The molecule has 2 amide bonds. The standard InChI is InChI=1S/C24H22N6O2S2/c31-19(15-8-3-1-4-9-15)25-23-29-27-21(33-23)17-12-7-13-18(14-17)22-28-30-24(34-22)26-20(32)16-10-5-2-6-11-16/h1-6,8-11,17-18H,7,12-14H2,(H,25,29,31)(H,26,30,32)/t17-,18-/m1/s1. The largest absolute Gasteiger partial charge is 0.296 e. The first-order valence-electron chi connectivity index (χ1n) is 11.1. The molecule has 1 fully saturated rings. The highest BCUT2D eigenvalue weighted by molar-refractivity contribution is 7.15. The number of nitrogens with zero attached hydrogens (tertiary/aromatic N) is 4. The van der Waals surface area contributed by atoms with Crippen molar-refractivity contribution in [2.75, 3.05) is 10.6 Å². The van der Waals surface area contributed by atoms with Gasteiger partial charge in [-0.25, -0.2) is 0 Å². The average molecular weight is 491 g/mol. The van der Waals surface area contributed by atoms with Crippen LogP contribution in [0.15, 0.2) is 60.7 Å². The lowest BCUT2D eigenvalue weighted by Crippen LogP contribution is -2.13. The van der Waals surface area contributed by atoms with E-state index in [2.05, 4.69) is 31.0 Å². The molecular formula is C24H22N6O2S2. The molecule has 5 rings (SSSR count). The maximum absolute atomic E-state index is 12.4. The van der Waals surface area contributed by atoms with Crippen molar-refractivity contribution in [3.05, 3.63) is 81.8 Å². The first-order valence-corrected chi connectivity index (χ1v) is 12.7. The van der Waals surface area contributed by atoms with Crippen LogP contribution in [0.1, 0.15) is 68.3 Å². The Kier molecular flexibility index (Phi) is 6.68. The summed E-state index contributed by atoms with van der Waals surface area (Å²) in [5.74, 6) is 0.127. The number of nitrogens with one attached hydrogen (secondary N) is 2. The minimum absolute atomic E-state index is 0.191. The minimum Gasteiger partial charge on any atom is -0.296 e. The maximum atomic E-state index is 12.4. The molecule has 10 heteroatoms. The number of hydrogen-bond donors (Lipinski definition) is 2. The van der Waals surface area contributed by atoms with Crippen LogP contribution in [0, 0.1) is 0 Å². The first-order chi connectivity index (χ1) is 16.7. The van der Waals surface area contributed by atoms with E-state index in [1.165, 1.54) is 22.7 Å². The molecule has 2 N–H and O–H groups in total. The van der Waals surface area contributed by atoms with Crippen LogP contribution in [0.2, 0.25) is 0 Å². The Morgan fingerprint density at radius 1 is 0.676 bits per heavy atom. The topological polar surface area (TPSA) is 110 Å². The summed E-state index contributed by atoms with van der Waals surface area (Å²) in [5, 5.41) is 25.6. The number of benzene rings is 2. The van der Waals surface area contributed by atoms with Crippen LogP contribution in [0.5, 0.6) is 0 Å². The Morgan fingerprint density at radius 3 is 1.56 bits per heavy atom. The third kappa shape index (κ3) is 5.18. The van der Waals surface area contributed by atoms with Gasteiger partial charge in [-0.3, -0.25) is 20.2 Å². The molecule has 2 atom stereocenters. The Hall–Kier alpha value is -3.50. The third-order valence-electron chi connectivity index (χ3n) is 5.77. The van der Waals surface area contributed by atoms with Gasteiger partial charge in [0.25, 0.3) is 11.8 Å². The van der Waals surface area contributed by atoms with Crippen molar-refractivity contribution in [3.8, 4) is 0 Å². The van der Waals surface area contributed by atoms with Crippen molar-refractivity contribution in [2.45, 2.75) is 37.5 Å². The fourth-order valence-electron chi connectivity index (χ4n) is 4.06. The summed E-state index contributed by atoms with van der Waals surface area (Å²) >= 11 is 2.85. The Bertz CT molecular complexity index is 1180. The summed E-state index contributed by atoms with van der Waals surface area (Å²) in [6.45, 7) is 0. The summed E-state index contributed by atoms with van der Waals surface area (Å²) in [7, 11) is 0. The number of aromatic nitrogens is 4.